The zero-order valence-electron chi connectivity index (χ0n) is 7.72. The average Bonchev–Trinajstić information content (AvgIpc) is 2.28. The number of hydrogen-bond donors (Lipinski definition) is 0. The Morgan fingerprint density at radius 3 is 1.81 bits per heavy atom. The quantitative estimate of drug-likeness (QED) is 0.554. The summed E-state index contributed by atoms with van der Waals surface area (Å²) in [5.41, 5.74) is -0.794. The van der Waals surface area contributed by atoms with Crippen molar-refractivity contribution in [3.8, 4) is 11.1 Å². The Labute approximate surface area is 87.6 Å². The molecule has 0 aromatic carbocycles. The highest BCUT2D eigenvalue weighted by Crippen LogP contribution is 2.27. The molecule has 0 N–H and O–H groups in total. The molecule has 82 valence electrons. The summed E-state index contributed by atoms with van der Waals surface area (Å²) < 4.78 is 52.1. The minimum Gasteiger partial charge on any atom is -0.265 e. The van der Waals surface area contributed by atoms with Crippen molar-refractivity contribution in [2.24, 2.45) is 0 Å². The minimum absolute atomic E-state index is 0.00907. The fraction of sp³-hybridized carbons (Fsp3) is 0. The van der Waals surface area contributed by atoms with Crippen LogP contribution in [0.15, 0.2) is 24.5 Å². The summed E-state index contributed by atoms with van der Waals surface area (Å²) in [6.45, 7) is 0. The fourth-order valence-electron chi connectivity index (χ4n) is 1.26. The summed E-state index contributed by atoms with van der Waals surface area (Å²) in [4.78, 5) is 6.09. The van der Waals surface area contributed by atoms with Crippen LogP contribution in [0.3, 0.4) is 0 Å². The lowest BCUT2D eigenvalue weighted by atomic mass is 10.1. The third-order valence-electron chi connectivity index (χ3n) is 1.97. The molecule has 0 saturated heterocycles. The van der Waals surface area contributed by atoms with Crippen molar-refractivity contribution in [1.29, 1.82) is 0 Å². The van der Waals surface area contributed by atoms with Crippen molar-refractivity contribution in [2.45, 2.75) is 0 Å². The molecule has 0 bridgehead atoms. The second kappa shape index (κ2) is 3.88. The minimum atomic E-state index is -1.68. The lowest BCUT2D eigenvalue weighted by Gasteiger charge is -2.05. The highest BCUT2D eigenvalue weighted by Gasteiger charge is 2.21. The molecular formula is C10H4F4N2. The standard InChI is InChI=1S/C10H4F4N2/c11-7-6(5-1-3-15-4-2-5)8(12)10(14)16-9(7)13/h1-4H. The van der Waals surface area contributed by atoms with Gasteiger partial charge in [0, 0.05) is 12.4 Å². The van der Waals surface area contributed by atoms with Gasteiger partial charge in [-0.3, -0.25) is 4.98 Å². The normalized spacial score (nSPS) is 10.5. The van der Waals surface area contributed by atoms with E-state index < -0.39 is 29.1 Å². The molecule has 0 radical (unpaired) electrons. The molecule has 0 fully saturated rings. The first-order valence-corrected chi connectivity index (χ1v) is 4.21. The number of pyridine rings is 2. The molecule has 2 aromatic heterocycles. The largest absolute Gasteiger partial charge is 0.265 e. The van der Waals surface area contributed by atoms with Crippen LogP contribution in [0, 0.1) is 23.5 Å². The van der Waals surface area contributed by atoms with Crippen molar-refractivity contribution >= 4 is 0 Å². The summed E-state index contributed by atoms with van der Waals surface area (Å²) >= 11 is 0. The van der Waals surface area contributed by atoms with E-state index in [0.29, 0.717) is 0 Å². The average molecular weight is 228 g/mol. The number of aromatic nitrogens is 2. The Morgan fingerprint density at radius 1 is 0.812 bits per heavy atom. The van der Waals surface area contributed by atoms with Crippen LogP contribution >= 0.6 is 0 Å². The lowest BCUT2D eigenvalue weighted by Crippen LogP contribution is -2.02. The Hall–Kier alpha value is -1.98. The van der Waals surface area contributed by atoms with Gasteiger partial charge in [0.05, 0.1) is 5.56 Å². The highest BCUT2D eigenvalue weighted by molar-refractivity contribution is 5.63. The lowest BCUT2D eigenvalue weighted by molar-refractivity contribution is 0.410. The zero-order chi connectivity index (χ0) is 11.7. The number of halogens is 4. The fourth-order valence-corrected chi connectivity index (χ4v) is 1.26. The van der Waals surface area contributed by atoms with Gasteiger partial charge in [-0.2, -0.15) is 13.8 Å². The third-order valence-corrected chi connectivity index (χ3v) is 1.97. The molecule has 16 heavy (non-hydrogen) atoms. The van der Waals surface area contributed by atoms with Crippen molar-refractivity contribution in [3.63, 3.8) is 0 Å². The Balaban J connectivity index is 2.74. The summed E-state index contributed by atoms with van der Waals surface area (Å²) in [5, 5.41) is 0. The Morgan fingerprint density at radius 2 is 1.31 bits per heavy atom. The van der Waals surface area contributed by atoms with Crippen molar-refractivity contribution in [1.82, 2.24) is 9.97 Å². The molecule has 2 rings (SSSR count). The smallest absolute Gasteiger partial charge is 0.252 e. The van der Waals surface area contributed by atoms with Crippen LogP contribution in [0.4, 0.5) is 17.6 Å². The van der Waals surface area contributed by atoms with E-state index in [1.807, 2.05) is 0 Å². The molecule has 2 heterocycles. The molecule has 0 spiro atoms. The molecule has 0 unspecified atom stereocenters. The molecular weight excluding hydrogens is 224 g/mol. The molecule has 0 amide bonds. The van der Waals surface area contributed by atoms with Crippen LogP contribution in [-0.4, -0.2) is 9.97 Å². The van der Waals surface area contributed by atoms with Crippen LogP contribution in [0.5, 0.6) is 0 Å². The van der Waals surface area contributed by atoms with Gasteiger partial charge in [-0.25, -0.2) is 8.78 Å². The molecule has 2 aromatic rings. The third kappa shape index (κ3) is 1.62. The first kappa shape index (κ1) is 10.5. The number of hydrogen-bond acceptors (Lipinski definition) is 2. The van der Waals surface area contributed by atoms with Gasteiger partial charge in [0.25, 0.3) is 11.9 Å². The van der Waals surface area contributed by atoms with Crippen molar-refractivity contribution < 1.29 is 17.6 Å². The highest BCUT2D eigenvalue weighted by atomic mass is 19.2. The van der Waals surface area contributed by atoms with Gasteiger partial charge < -0.3 is 0 Å². The van der Waals surface area contributed by atoms with Crippen LogP contribution in [-0.2, 0) is 0 Å². The van der Waals surface area contributed by atoms with Gasteiger partial charge in [0.15, 0.2) is 11.6 Å². The first-order chi connectivity index (χ1) is 7.61. The molecule has 0 aliphatic heterocycles. The van der Waals surface area contributed by atoms with Gasteiger partial charge in [0.1, 0.15) is 0 Å². The van der Waals surface area contributed by atoms with Gasteiger partial charge >= 0.3 is 0 Å². The zero-order valence-corrected chi connectivity index (χ0v) is 7.72. The first-order valence-electron chi connectivity index (χ1n) is 4.21. The molecule has 6 heteroatoms. The maximum atomic E-state index is 13.3. The maximum Gasteiger partial charge on any atom is 0.252 e. The Kier molecular flexibility index (Phi) is 2.55. The summed E-state index contributed by atoms with van der Waals surface area (Å²) in [6.07, 6.45) is 2.51. The predicted molar refractivity (Wildman–Crippen MR) is 47.3 cm³/mol. The molecule has 0 aliphatic rings. The van der Waals surface area contributed by atoms with E-state index in [1.54, 1.807) is 0 Å². The summed E-state index contributed by atoms with van der Waals surface area (Å²) in [5.74, 6) is -6.40. The topological polar surface area (TPSA) is 25.8 Å². The van der Waals surface area contributed by atoms with E-state index in [4.69, 9.17) is 0 Å². The van der Waals surface area contributed by atoms with E-state index in [-0.39, 0.29) is 5.56 Å². The van der Waals surface area contributed by atoms with Gasteiger partial charge in [-0.15, -0.1) is 0 Å². The number of nitrogens with zero attached hydrogens (tertiary/aromatic N) is 2. The van der Waals surface area contributed by atoms with Crippen LogP contribution in [0.2, 0.25) is 0 Å². The molecule has 2 nitrogen and oxygen atoms in total. The van der Waals surface area contributed by atoms with Crippen LogP contribution in [0.1, 0.15) is 0 Å². The molecule has 0 saturated carbocycles. The van der Waals surface area contributed by atoms with E-state index in [9.17, 15) is 17.6 Å². The van der Waals surface area contributed by atoms with E-state index in [0.717, 1.165) is 0 Å². The van der Waals surface area contributed by atoms with Crippen molar-refractivity contribution in [3.05, 3.63) is 48.1 Å². The summed E-state index contributed by atoms with van der Waals surface area (Å²) in [6, 6.07) is 2.47. The SMILES string of the molecule is Fc1nc(F)c(F)c(-c2ccncc2)c1F. The van der Waals surface area contributed by atoms with Gasteiger partial charge in [0.2, 0.25) is 0 Å². The van der Waals surface area contributed by atoms with Gasteiger partial charge in [-0.1, -0.05) is 0 Å². The number of rotatable bonds is 1. The molecule has 0 atom stereocenters. The van der Waals surface area contributed by atoms with E-state index in [1.165, 1.54) is 24.5 Å². The van der Waals surface area contributed by atoms with E-state index in [2.05, 4.69) is 9.97 Å². The monoisotopic (exact) mass is 228 g/mol. The molecule has 0 aliphatic carbocycles. The maximum absolute atomic E-state index is 13.3. The second-order valence-electron chi connectivity index (χ2n) is 2.93. The van der Waals surface area contributed by atoms with Crippen LogP contribution in [0.25, 0.3) is 11.1 Å². The second-order valence-corrected chi connectivity index (χ2v) is 2.93. The summed E-state index contributed by atoms with van der Waals surface area (Å²) in [7, 11) is 0. The predicted octanol–water partition coefficient (Wildman–Crippen LogP) is 2.70. The van der Waals surface area contributed by atoms with Crippen LogP contribution < -0.4 is 0 Å². The van der Waals surface area contributed by atoms with Gasteiger partial charge in [-0.05, 0) is 17.7 Å². The van der Waals surface area contributed by atoms with Crippen molar-refractivity contribution in [2.75, 3.05) is 0 Å². The van der Waals surface area contributed by atoms with E-state index >= 15 is 0 Å². The Bertz CT molecular complexity index is 502.